The fourth-order valence-corrected chi connectivity index (χ4v) is 4.41. The van der Waals surface area contributed by atoms with E-state index >= 15 is 0 Å². The molecule has 19 heavy (non-hydrogen) atoms. The van der Waals surface area contributed by atoms with Gasteiger partial charge in [-0.25, -0.2) is 0 Å². The van der Waals surface area contributed by atoms with Crippen LogP contribution < -0.4 is 5.73 Å². The van der Waals surface area contributed by atoms with Gasteiger partial charge in [-0.1, -0.05) is 11.6 Å². The van der Waals surface area contributed by atoms with Crippen LogP contribution in [0.25, 0.3) is 0 Å². The molecule has 4 atom stereocenters. The van der Waals surface area contributed by atoms with Crippen LogP contribution in [0.5, 0.6) is 0 Å². The molecule has 3 aliphatic rings. The number of hydrogen-bond acceptors (Lipinski definition) is 3. The highest BCUT2D eigenvalue weighted by atomic mass is 16.4. The largest absolute Gasteiger partial charge is 0.409 e. The van der Waals surface area contributed by atoms with Crippen LogP contribution in [0.1, 0.15) is 44.9 Å². The van der Waals surface area contributed by atoms with E-state index in [1.807, 2.05) is 4.90 Å². The van der Waals surface area contributed by atoms with E-state index in [0.717, 1.165) is 31.2 Å². The summed E-state index contributed by atoms with van der Waals surface area (Å²) in [5.74, 6) is 2.62. The summed E-state index contributed by atoms with van der Waals surface area (Å²) in [4.78, 5) is 14.3. The highest BCUT2D eigenvalue weighted by Gasteiger charge is 2.41. The lowest BCUT2D eigenvalue weighted by molar-refractivity contribution is -0.132. The topological polar surface area (TPSA) is 78.9 Å². The summed E-state index contributed by atoms with van der Waals surface area (Å²) < 4.78 is 0. The van der Waals surface area contributed by atoms with E-state index in [0.29, 0.717) is 12.3 Å². The molecule has 4 unspecified atom stereocenters. The number of hydrogen-bond donors (Lipinski definition) is 2. The molecule has 1 aliphatic heterocycles. The maximum Gasteiger partial charge on any atom is 0.223 e. The quantitative estimate of drug-likeness (QED) is 0.352. The summed E-state index contributed by atoms with van der Waals surface area (Å²) in [6.45, 7) is 0.751. The molecular weight excluding hydrogens is 242 g/mol. The summed E-state index contributed by atoms with van der Waals surface area (Å²) in [6.07, 6.45) is 7.68. The lowest BCUT2D eigenvalue weighted by Gasteiger charge is -2.27. The molecule has 3 fully saturated rings. The van der Waals surface area contributed by atoms with Gasteiger partial charge < -0.3 is 15.8 Å². The minimum atomic E-state index is -0.184. The van der Waals surface area contributed by atoms with Crippen molar-refractivity contribution in [2.75, 3.05) is 6.54 Å². The zero-order chi connectivity index (χ0) is 13.4. The number of nitrogens with zero attached hydrogens (tertiary/aromatic N) is 2. The van der Waals surface area contributed by atoms with E-state index < -0.39 is 0 Å². The Bertz CT molecular complexity index is 396. The standard InChI is InChI=1S/C14H23N3O2/c15-14(16-19)12-2-1-5-17(12)13(18)8-11-7-9-3-4-10(11)6-9/h9-12,19H,1-8H2,(H2,15,16). The summed E-state index contributed by atoms with van der Waals surface area (Å²) in [6, 6.07) is -0.184. The first-order valence-corrected chi connectivity index (χ1v) is 7.46. The zero-order valence-corrected chi connectivity index (χ0v) is 11.3. The number of fused-ring (bicyclic) bond motifs is 2. The number of likely N-dealkylation sites (tertiary alicyclic amines) is 1. The second-order valence-corrected chi connectivity index (χ2v) is 6.41. The van der Waals surface area contributed by atoms with Crippen molar-refractivity contribution in [3.8, 4) is 0 Å². The Morgan fingerprint density at radius 2 is 2.16 bits per heavy atom. The molecule has 2 saturated carbocycles. The van der Waals surface area contributed by atoms with E-state index in [-0.39, 0.29) is 17.8 Å². The highest BCUT2D eigenvalue weighted by molar-refractivity contribution is 5.90. The Labute approximate surface area is 113 Å². The van der Waals surface area contributed by atoms with E-state index in [2.05, 4.69) is 5.16 Å². The monoisotopic (exact) mass is 265 g/mol. The summed E-state index contributed by atoms with van der Waals surface area (Å²) in [5.41, 5.74) is 5.68. The van der Waals surface area contributed by atoms with Crippen LogP contribution in [0.2, 0.25) is 0 Å². The molecular formula is C14H23N3O2. The summed E-state index contributed by atoms with van der Waals surface area (Å²) in [5, 5.41) is 11.9. The minimum Gasteiger partial charge on any atom is -0.409 e. The molecule has 5 nitrogen and oxygen atoms in total. The molecule has 3 rings (SSSR count). The molecule has 2 bridgehead atoms. The molecule has 0 aromatic heterocycles. The van der Waals surface area contributed by atoms with E-state index in [9.17, 15) is 4.79 Å². The molecule has 1 heterocycles. The van der Waals surface area contributed by atoms with Crippen molar-refractivity contribution in [3.05, 3.63) is 0 Å². The van der Waals surface area contributed by atoms with Crippen LogP contribution in [-0.2, 0) is 4.79 Å². The van der Waals surface area contributed by atoms with Crippen molar-refractivity contribution >= 4 is 11.7 Å². The maximum absolute atomic E-state index is 12.4. The Balaban J connectivity index is 1.61. The fourth-order valence-electron chi connectivity index (χ4n) is 4.41. The molecule has 0 spiro atoms. The second kappa shape index (κ2) is 5.02. The van der Waals surface area contributed by atoms with Gasteiger partial charge in [0.2, 0.25) is 5.91 Å². The van der Waals surface area contributed by atoms with Gasteiger partial charge in [-0.05, 0) is 49.9 Å². The number of carbonyl (C=O) groups excluding carboxylic acids is 1. The van der Waals surface area contributed by atoms with Gasteiger partial charge in [-0.15, -0.1) is 0 Å². The molecule has 5 heteroatoms. The molecule has 2 aliphatic carbocycles. The van der Waals surface area contributed by atoms with Crippen molar-refractivity contribution in [2.45, 2.75) is 51.0 Å². The number of oxime groups is 1. The Morgan fingerprint density at radius 3 is 2.79 bits per heavy atom. The highest BCUT2D eigenvalue weighted by Crippen LogP contribution is 2.49. The van der Waals surface area contributed by atoms with Gasteiger partial charge in [0.05, 0.1) is 6.04 Å². The smallest absolute Gasteiger partial charge is 0.223 e. The minimum absolute atomic E-state index is 0.179. The van der Waals surface area contributed by atoms with E-state index in [4.69, 9.17) is 10.9 Å². The van der Waals surface area contributed by atoms with Gasteiger partial charge in [0.1, 0.15) is 0 Å². The van der Waals surface area contributed by atoms with Gasteiger partial charge >= 0.3 is 0 Å². The lowest BCUT2D eigenvalue weighted by atomic mass is 9.86. The van der Waals surface area contributed by atoms with Crippen LogP contribution >= 0.6 is 0 Å². The zero-order valence-electron chi connectivity index (χ0n) is 11.3. The Kier molecular flexibility index (Phi) is 3.37. The third-order valence-electron chi connectivity index (χ3n) is 5.35. The first kappa shape index (κ1) is 12.8. The number of amides is 1. The van der Waals surface area contributed by atoms with Crippen LogP contribution in [0.4, 0.5) is 0 Å². The van der Waals surface area contributed by atoms with Crippen molar-refractivity contribution < 1.29 is 10.0 Å². The molecule has 106 valence electrons. The first-order valence-electron chi connectivity index (χ1n) is 7.46. The van der Waals surface area contributed by atoms with Crippen LogP contribution in [0, 0.1) is 17.8 Å². The van der Waals surface area contributed by atoms with Crippen molar-refractivity contribution in [2.24, 2.45) is 28.6 Å². The fraction of sp³-hybridized carbons (Fsp3) is 0.857. The predicted octanol–water partition coefficient (Wildman–Crippen LogP) is 1.55. The SMILES string of the molecule is NC(=NO)C1CCCN1C(=O)CC1CC2CCC1C2. The average Bonchev–Trinajstić information content (AvgIpc) is 3.12. The summed E-state index contributed by atoms with van der Waals surface area (Å²) in [7, 11) is 0. The van der Waals surface area contributed by atoms with Crippen molar-refractivity contribution in [1.29, 1.82) is 0 Å². The van der Waals surface area contributed by atoms with Crippen LogP contribution in [0.3, 0.4) is 0 Å². The predicted molar refractivity (Wildman–Crippen MR) is 71.7 cm³/mol. The van der Waals surface area contributed by atoms with Crippen molar-refractivity contribution in [1.82, 2.24) is 4.90 Å². The average molecular weight is 265 g/mol. The second-order valence-electron chi connectivity index (χ2n) is 6.41. The molecule has 0 aromatic carbocycles. The first-order chi connectivity index (χ1) is 9.19. The third-order valence-corrected chi connectivity index (χ3v) is 5.35. The van der Waals surface area contributed by atoms with Gasteiger partial charge in [0, 0.05) is 13.0 Å². The lowest BCUT2D eigenvalue weighted by Crippen LogP contribution is -2.44. The van der Waals surface area contributed by atoms with Gasteiger partial charge in [-0.3, -0.25) is 4.79 Å². The van der Waals surface area contributed by atoms with Crippen LogP contribution in [0.15, 0.2) is 5.16 Å². The number of nitrogens with two attached hydrogens (primary N) is 1. The van der Waals surface area contributed by atoms with E-state index in [1.54, 1.807) is 0 Å². The van der Waals surface area contributed by atoms with Gasteiger partial charge in [-0.2, -0.15) is 0 Å². The Morgan fingerprint density at radius 1 is 1.32 bits per heavy atom. The number of carbonyl (C=O) groups is 1. The number of rotatable bonds is 3. The van der Waals surface area contributed by atoms with E-state index in [1.165, 1.54) is 25.7 Å². The molecule has 1 amide bonds. The molecule has 0 radical (unpaired) electrons. The van der Waals surface area contributed by atoms with Gasteiger partial charge in [0.15, 0.2) is 5.84 Å². The van der Waals surface area contributed by atoms with Gasteiger partial charge in [0.25, 0.3) is 0 Å². The van der Waals surface area contributed by atoms with Crippen LogP contribution in [-0.4, -0.2) is 34.4 Å². The normalized spacial score (nSPS) is 38.1. The molecule has 0 aromatic rings. The van der Waals surface area contributed by atoms with Crippen molar-refractivity contribution in [3.63, 3.8) is 0 Å². The maximum atomic E-state index is 12.4. The number of amidine groups is 1. The molecule has 3 N–H and O–H groups in total. The Hall–Kier alpha value is -1.26. The molecule has 1 saturated heterocycles. The summed E-state index contributed by atoms with van der Waals surface area (Å²) >= 11 is 0. The third kappa shape index (κ3) is 2.30.